The van der Waals surface area contributed by atoms with Crippen LogP contribution in [0.3, 0.4) is 0 Å². The molecule has 2 aromatic rings. The predicted octanol–water partition coefficient (Wildman–Crippen LogP) is 2.84. The largest absolute Gasteiger partial charge is 0.476 e. The summed E-state index contributed by atoms with van der Waals surface area (Å²) in [5.41, 5.74) is 2.34. The molecule has 0 radical (unpaired) electrons. The Morgan fingerprint density at radius 1 is 1.35 bits per heavy atom. The van der Waals surface area contributed by atoms with Crippen LogP contribution >= 0.6 is 11.6 Å². The molecule has 0 amide bonds. The number of hydrogen-bond acceptors (Lipinski definition) is 2. The molecule has 5 heteroatoms. The number of aryl methyl sites for hydroxylation is 1. The number of carboxylic acid groups (broad SMARTS) is 1. The van der Waals surface area contributed by atoms with E-state index in [1.807, 2.05) is 31.2 Å². The van der Waals surface area contributed by atoms with E-state index in [4.69, 9.17) is 16.7 Å². The van der Waals surface area contributed by atoms with Crippen molar-refractivity contribution >= 4 is 17.6 Å². The number of para-hydroxylation sites is 1. The number of halogens is 1. The van der Waals surface area contributed by atoms with Crippen molar-refractivity contribution in [2.45, 2.75) is 13.8 Å². The molecule has 0 aliphatic heterocycles. The molecule has 0 atom stereocenters. The zero-order valence-electron chi connectivity index (χ0n) is 9.44. The Kier molecular flexibility index (Phi) is 2.90. The highest BCUT2D eigenvalue weighted by Gasteiger charge is 2.19. The Morgan fingerprint density at radius 3 is 2.53 bits per heavy atom. The summed E-state index contributed by atoms with van der Waals surface area (Å²) < 4.78 is 1.56. The molecular weight excluding hydrogens is 240 g/mol. The van der Waals surface area contributed by atoms with Gasteiger partial charge in [-0.05, 0) is 25.5 Å². The van der Waals surface area contributed by atoms with Crippen LogP contribution in [0.15, 0.2) is 24.3 Å². The van der Waals surface area contributed by atoms with E-state index in [0.29, 0.717) is 5.69 Å². The molecule has 0 bridgehead atoms. The van der Waals surface area contributed by atoms with Crippen molar-refractivity contribution in [3.63, 3.8) is 0 Å². The molecule has 0 saturated heterocycles. The standard InChI is InChI=1S/C12H11ClN2O2/c1-7-5-3-4-6-9(7)15-8(2)10(13)11(14-15)12(16)17/h3-6H,1-2H3,(H,16,17). The molecule has 4 nitrogen and oxygen atoms in total. The molecule has 1 aromatic carbocycles. The van der Waals surface area contributed by atoms with Gasteiger partial charge in [-0.15, -0.1) is 0 Å². The maximum atomic E-state index is 10.9. The van der Waals surface area contributed by atoms with E-state index in [1.165, 1.54) is 0 Å². The van der Waals surface area contributed by atoms with Crippen molar-refractivity contribution in [3.05, 3.63) is 46.2 Å². The van der Waals surface area contributed by atoms with Crippen LogP contribution in [0.5, 0.6) is 0 Å². The van der Waals surface area contributed by atoms with Crippen molar-refractivity contribution in [1.82, 2.24) is 9.78 Å². The number of benzene rings is 1. The van der Waals surface area contributed by atoms with E-state index in [1.54, 1.807) is 11.6 Å². The SMILES string of the molecule is Cc1ccccc1-n1nc(C(=O)O)c(Cl)c1C. The van der Waals surface area contributed by atoms with Crippen LogP contribution in [0.25, 0.3) is 5.69 Å². The lowest BCUT2D eigenvalue weighted by Gasteiger charge is -2.07. The molecule has 0 saturated carbocycles. The Hall–Kier alpha value is -1.81. The lowest BCUT2D eigenvalue weighted by Crippen LogP contribution is -2.03. The Balaban J connectivity index is 2.66. The highest BCUT2D eigenvalue weighted by Crippen LogP contribution is 2.24. The minimum absolute atomic E-state index is 0.118. The third-order valence-corrected chi connectivity index (χ3v) is 3.04. The van der Waals surface area contributed by atoms with Gasteiger partial charge in [0, 0.05) is 0 Å². The summed E-state index contributed by atoms with van der Waals surface area (Å²) in [5.74, 6) is -1.12. The lowest BCUT2D eigenvalue weighted by molar-refractivity contribution is 0.0690. The molecule has 17 heavy (non-hydrogen) atoms. The van der Waals surface area contributed by atoms with Gasteiger partial charge in [0.1, 0.15) is 0 Å². The Bertz CT molecular complexity index is 590. The van der Waals surface area contributed by atoms with Crippen molar-refractivity contribution < 1.29 is 9.90 Å². The average Bonchev–Trinajstić information content (AvgIpc) is 2.57. The second-order valence-corrected chi connectivity index (χ2v) is 4.13. The first-order valence-electron chi connectivity index (χ1n) is 5.06. The van der Waals surface area contributed by atoms with E-state index >= 15 is 0 Å². The van der Waals surface area contributed by atoms with Gasteiger partial charge in [0.2, 0.25) is 0 Å². The van der Waals surface area contributed by atoms with E-state index in [2.05, 4.69) is 5.10 Å². The molecule has 88 valence electrons. The summed E-state index contributed by atoms with van der Waals surface area (Å²) in [5, 5.41) is 13.2. The molecule has 1 aromatic heterocycles. The highest BCUT2D eigenvalue weighted by atomic mass is 35.5. The molecule has 0 aliphatic rings. The van der Waals surface area contributed by atoms with Gasteiger partial charge in [-0.1, -0.05) is 29.8 Å². The number of hydrogen-bond donors (Lipinski definition) is 1. The highest BCUT2D eigenvalue weighted by molar-refractivity contribution is 6.33. The molecule has 0 aliphatic carbocycles. The first-order chi connectivity index (χ1) is 8.02. The van der Waals surface area contributed by atoms with Gasteiger partial charge in [0.25, 0.3) is 0 Å². The van der Waals surface area contributed by atoms with Crippen LogP contribution in [-0.4, -0.2) is 20.9 Å². The number of rotatable bonds is 2. The quantitative estimate of drug-likeness (QED) is 0.892. The fourth-order valence-electron chi connectivity index (χ4n) is 1.66. The zero-order valence-corrected chi connectivity index (χ0v) is 10.2. The van der Waals surface area contributed by atoms with Crippen molar-refractivity contribution in [2.24, 2.45) is 0 Å². The summed E-state index contributed by atoms with van der Waals surface area (Å²) in [6, 6.07) is 7.59. The number of carboxylic acids is 1. The predicted molar refractivity (Wildman–Crippen MR) is 65.0 cm³/mol. The molecule has 2 rings (SSSR count). The average molecular weight is 251 g/mol. The molecule has 1 N–H and O–H groups in total. The number of aromatic carboxylic acids is 1. The lowest BCUT2D eigenvalue weighted by atomic mass is 10.2. The summed E-state index contributed by atoms with van der Waals surface area (Å²) in [4.78, 5) is 10.9. The number of nitrogens with zero attached hydrogens (tertiary/aromatic N) is 2. The second kappa shape index (κ2) is 4.22. The minimum Gasteiger partial charge on any atom is -0.476 e. The number of aromatic nitrogens is 2. The maximum absolute atomic E-state index is 10.9. The number of carbonyl (C=O) groups is 1. The van der Waals surface area contributed by atoms with Gasteiger partial charge in [-0.25, -0.2) is 9.48 Å². The van der Waals surface area contributed by atoms with Crippen LogP contribution in [0, 0.1) is 13.8 Å². The molecule has 0 spiro atoms. The molecule has 1 heterocycles. The topological polar surface area (TPSA) is 55.1 Å². The monoisotopic (exact) mass is 250 g/mol. The smallest absolute Gasteiger partial charge is 0.358 e. The van der Waals surface area contributed by atoms with Crippen LogP contribution in [0.2, 0.25) is 5.02 Å². The summed E-state index contributed by atoms with van der Waals surface area (Å²) in [7, 11) is 0. The van der Waals surface area contributed by atoms with Gasteiger partial charge >= 0.3 is 5.97 Å². The van der Waals surface area contributed by atoms with Crippen molar-refractivity contribution in [2.75, 3.05) is 0 Å². The first kappa shape index (κ1) is 11.7. The Labute approximate surface area is 103 Å². The van der Waals surface area contributed by atoms with Crippen molar-refractivity contribution in [1.29, 1.82) is 0 Å². The summed E-state index contributed by atoms with van der Waals surface area (Å²) in [6.07, 6.45) is 0. The normalized spacial score (nSPS) is 10.5. The van der Waals surface area contributed by atoms with Gasteiger partial charge in [0.15, 0.2) is 5.69 Å². The maximum Gasteiger partial charge on any atom is 0.358 e. The summed E-state index contributed by atoms with van der Waals surface area (Å²) in [6.45, 7) is 3.68. The minimum atomic E-state index is -1.12. The molecule has 0 fully saturated rings. The van der Waals surface area contributed by atoms with Crippen LogP contribution in [0.4, 0.5) is 0 Å². The third kappa shape index (κ3) is 1.91. The third-order valence-electron chi connectivity index (χ3n) is 2.59. The van der Waals surface area contributed by atoms with E-state index in [9.17, 15) is 4.79 Å². The second-order valence-electron chi connectivity index (χ2n) is 3.75. The fourth-order valence-corrected chi connectivity index (χ4v) is 1.85. The zero-order chi connectivity index (χ0) is 12.6. The summed E-state index contributed by atoms with van der Waals surface area (Å²) >= 11 is 5.95. The van der Waals surface area contributed by atoms with Crippen LogP contribution in [-0.2, 0) is 0 Å². The van der Waals surface area contributed by atoms with E-state index in [-0.39, 0.29) is 10.7 Å². The molecular formula is C12H11ClN2O2. The van der Waals surface area contributed by atoms with Gasteiger partial charge in [-0.3, -0.25) is 0 Å². The van der Waals surface area contributed by atoms with Gasteiger partial charge < -0.3 is 5.11 Å². The van der Waals surface area contributed by atoms with Crippen molar-refractivity contribution in [3.8, 4) is 5.69 Å². The van der Waals surface area contributed by atoms with Crippen LogP contribution in [0.1, 0.15) is 21.7 Å². The van der Waals surface area contributed by atoms with Gasteiger partial charge in [0.05, 0.1) is 16.4 Å². The molecule has 0 unspecified atom stereocenters. The Morgan fingerprint density at radius 2 is 2.00 bits per heavy atom. The van der Waals surface area contributed by atoms with Gasteiger partial charge in [-0.2, -0.15) is 5.10 Å². The van der Waals surface area contributed by atoms with E-state index < -0.39 is 5.97 Å². The van der Waals surface area contributed by atoms with E-state index in [0.717, 1.165) is 11.3 Å². The first-order valence-corrected chi connectivity index (χ1v) is 5.44. The van der Waals surface area contributed by atoms with Crippen LogP contribution < -0.4 is 0 Å². The fraction of sp³-hybridized carbons (Fsp3) is 0.167.